The molecule has 0 aliphatic carbocycles. The molecule has 0 saturated carbocycles. The molecule has 0 aliphatic rings. The average Bonchev–Trinajstić information content (AvgIpc) is 2.27. The molecule has 1 N–H and O–H groups in total. The standard InChI is InChI=1S/C15H23FO2/c1-14(2,10-17)9-15(3,4)11-18-13-8-6-5-7-12(13)16/h5-8,17H,9-11H2,1-4H3. The topological polar surface area (TPSA) is 29.5 Å². The van der Waals surface area contributed by atoms with E-state index < -0.39 is 0 Å². The van der Waals surface area contributed by atoms with Crippen LogP contribution in [-0.2, 0) is 0 Å². The van der Waals surface area contributed by atoms with Gasteiger partial charge in [0.05, 0.1) is 6.61 Å². The normalized spacial score (nSPS) is 12.6. The van der Waals surface area contributed by atoms with Crippen LogP contribution in [0.1, 0.15) is 34.1 Å². The number of halogens is 1. The van der Waals surface area contributed by atoms with Crippen molar-refractivity contribution in [3.8, 4) is 5.75 Å². The van der Waals surface area contributed by atoms with E-state index in [0.29, 0.717) is 6.61 Å². The molecule has 0 amide bonds. The fourth-order valence-electron chi connectivity index (χ4n) is 2.24. The van der Waals surface area contributed by atoms with Crippen molar-refractivity contribution in [2.24, 2.45) is 10.8 Å². The molecule has 0 bridgehead atoms. The van der Waals surface area contributed by atoms with Crippen LogP contribution in [0.2, 0.25) is 0 Å². The second-order valence-electron chi connectivity index (χ2n) is 6.38. The molecule has 0 aromatic heterocycles. The number of aliphatic hydroxyl groups is 1. The molecule has 1 aromatic carbocycles. The van der Waals surface area contributed by atoms with E-state index in [0.717, 1.165) is 6.42 Å². The number of ether oxygens (including phenoxy) is 1. The zero-order valence-corrected chi connectivity index (χ0v) is 11.7. The van der Waals surface area contributed by atoms with E-state index >= 15 is 0 Å². The van der Waals surface area contributed by atoms with Gasteiger partial charge in [0.25, 0.3) is 0 Å². The Labute approximate surface area is 109 Å². The van der Waals surface area contributed by atoms with Gasteiger partial charge < -0.3 is 9.84 Å². The minimum atomic E-state index is -0.338. The largest absolute Gasteiger partial charge is 0.490 e. The van der Waals surface area contributed by atoms with Crippen LogP contribution in [0.5, 0.6) is 5.75 Å². The van der Waals surface area contributed by atoms with Gasteiger partial charge in [-0.05, 0) is 29.4 Å². The molecule has 2 nitrogen and oxygen atoms in total. The molecule has 3 heteroatoms. The van der Waals surface area contributed by atoms with Crippen molar-refractivity contribution in [2.45, 2.75) is 34.1 Å². The third-order valence-corrected chi connectivity index (χ3v) is 2.84. The first-order valence-electron chi connectivity index (χ1n) is 6.24. The van der Waals surface area contributed by atoms with Crippen LogP contribution < -0.4 is 4.74 Å². The minimum absolute atomic E-state index is 0.117. The van der Waals surface area contributed by atoms with Crippen LogP contribution in [-0.4, -0.2) is 18.3 Å². The second kappa shape index (κ2) is 5.70. The highest BCUT2D eigenvalue weighted by Gasteiger charge is 2.29. The van der Waals surface area contributed by atoms with Crippen molar-refractivity contribution in [2.75, 3.05) is 13.2 Å². The predicted molar refractivity (Wildman–Crippen MR) is 71.2 cm³/mol. The molecule has 102 valence electrons. The fraction of sp³-hybridized carbons (Fsp3) is 0.600. The number of para-hydroxylation sites is 1. The van der Waals surface area contributed by atoms with Gasteiger partial charge in [0.2, 0.25) is 0 Å². The van der Waals surface area contributed by atoms with Crippen LogP contribution in [0, 0.1) is 16.6 Å². The maximum Gasteiger partial charge on any atom is 0.165 e. The highest BCUT2D eigenvalue weighted by Crippen LogP contribution is 2.34. The molecular weight excluding hydrogens is 231 g/mol. The summed E-state index contributed by atoms with van der Waals surface area (Å²) in [7, 11) is 0. The van der Waals surface area contributed by atoms with Gasteiger partial charge in [-0.2, -0.15) is 0 Å². The van der Waals surface area contributed by atoms with Crippen molar-refractivity contribution >= 4 is 0 Å². The molecule has 1 aromatic rings. The lowest BCUT2D eigenvalue weighted by Crippen LogP contribution is -2.30. The Hall–Kier alpha value is -1.09. The van der Waals surface area contributed by atoms with Crippen molar-refractivity contribution < 1.29 is 14.2 Å². The molecule has 0 fully saturated rings. The van der Waals surface area contributed by atoms with Gasteiger partial charge >= 0.3 is 0 Å². The summed E-state index contributed by atoms with van der Waals surface area (Å²) in [4.78, 5) is 0. The maximum atomic E-state index is 13.4. The van der Waals surface area contributed by atoms with Crippen molar-refractivity contribution in [1.82, 2.24) is 0 Å². The molecule has 0 spiro atoms. The number of rotatable bonds is 6. The summed E-state index contributed by atoms with van der Waals surface area (Å²) in [5.74, 6) is -0.0536. The monoisotopic (exact) mass is 254 g/mol. The molecule has 0 atom stereocenters. The fourth-order valence-corrected chi connectivity index (χ4v) is 2.24. The molecule has 0 unspecified atom stereocenters. The van der Waals surface area contributed by atoms with E-state index in [1.54, 1.807) is 18.2 Å². The minimum Gasteiger partial charge on any atom is -0.490 e. The Morgan fingerprint density at radius 1 is 1.11 bits per heavy atom. The van der Waals surface area contributed by atoms with E-state index in [4.69, 9.17) is 4.74 Å². The molecule has 0 radical (unpaired) electrons. The van der Waals surface area contributed by atoms with Gasteiger partial charge in [-0.25, -0.2) is 4.39 Å². The van der Waals surface area contributed by atoms with Crippen LogP contribution in [0.25, 0.3) is 0 Å². The highest BCUT2D eigenvalue weighted by molar-refractivity contribution is 5.23. The highest BCUT2D eigenvalue weighted by atomic mass is 19.1. The summed E-state index contributed by atoms with van der Waals surface area (Å²) in [6, 6.07) is 6.41. The first-order valence-corrected chi connectivity index (χ1v) is 6.24. The van der Waals surface area contributed by atoms with Gasteiger partial charge in [-0.15, -0.1) is 0 Å². The Kier molecular flexibility index (Phi) is 4.74. The third kappa shape index (κ3) is 4.65. The van der Waals surface area contributed by atoms with Crippen molar-refractivity contribution in [3.63, 3.8) is 0 Å². The summed E-state index contributed by atoms with van der Waals surface area (Å²) >= 11 is 0. The molecular formula is C15H23FO2. The van der Waals surface area contributed by atoms with E-state index in [9.17, 15) is 9.50 Å². The smallest absolute Gasteiger partial charge is 0.165 e. The van der Waals surface area contributed by atoms with Crippen LogP contribution >= 0.6 is 0 Å². The summed E-state index contributed by atoms with van der Waals surface area (Å²) in [6.45, 7) is 8.71. The van der Waals surface area contributed by atoms with Crippen LogP contribution in [0.3, 0.4) is 0 Å². The van der Waals surface area contributed by atoms with E-state index in [2.05, 4.69) is 13.8 Å². The van der Waals surface area contributed by atoms with E-state index in [1.165, 1.54) is 6.07 Å². The van der Waals surface area contributed by atoms with Crippen LogP contribution in [0.4, 0.5) is 4.39 Å². The first-order chi connectivity index (χ1) is 8.26. The number of aliphatic hydroxyl groups excluding tert-OH is 1. The molecule has 1 rings (SSSR count). The van der Waals surface area contributed by atoms with Gasteiger partial charge in [0.15, 0.2) is 11.6 Å². The maximum absolute atomic E-state index is 13.4. The summed E-state index contributed by atoms with van der Waals surface area (Å²) in [5.41, 5.74) is -0.267. The number of hydrogen-bond donors (Lipinski definition) is 1. The van der Waals surface area contributed by atoms with Crippen molar-refractivity contribution in [3.05, 3.63) is 30.1 Å². The lowest BCUT2D eigenvalue weighted by molar-refractivity contribution is 0.0716. The Morgan fingerprint density at radius 2 is 1.72 bits per heavy atom. The molecule has 18 heavy (non-hydrogen) atoms. The van der Waals surface area contributed by atoms with Gasteiger partial charge in [-0.1, -0.05) is 39.8 Å². The van der Waals surface area contributed by atoms with Gasteiger partial charge in [0, 0.05) is 6.61 Å². The lowest BCUT2D eigenvalue weighted by atomic mass is 9.76. The predicted octanol–water partition coefficient (Wildman–Crippen LogP) is 3.64. The zero-order valence-electron chi connectivity index (χ0n) is 11.7. The summed E-state index contributed by atoms with van der Waals surface area (Å²) < 4.78 is 18.9. The average molecular weight is 254 g/mol. The number of benzene rings is 1. The molecule has 0 saturated heterocycles. The molecule has 0 aliphatic heterocycles. The quantitative estimate of drug-likeness (QED) is 0.839. The lowest BCUT2D eigenvalue weighted by Gasteiger charge is -2.33. The Balaban J connectivity index is 2.59. The van der Waals surface area contributed by atoms with E-state index in [-0.39, 0.29) is 29.0 Å². The summed E-state index contributed by atoms with van der Waals surface area (Å²) in [5, 5.41) is 9.29. The summed E-state index contributed by atoms with van der Waals surface area (Å²) in [6.07, 6.45) is 0.810. The Bertz CT molecular complexity index is 386. The first kappa shape index (κ1) is 15.0. The third-order valence-electron chi connectivity index (χ3n) is 2.84. The van der Waals surface area contributed by atoms with Crippen LogP contribution in [0.15, 0.2) is 24.3 Å². The van der Waals surface area contributed by atoms with Gasteiger partial charge in [-0.3, -0.25) is 0 Å². The Morgan fingerprint density at radius 3 is 2.28 bits per heavy atom. The zero-order chi connectivity index (χ0) is 13.8. The SMILES string of the molecule is CC(C)(CO)CC(C)(C)COc1ccccc1F. The van der Waals surface area contributed by atoms with Crippen molar-refractivity contribution in [1.29, 1.82) is 0 Å². The molecule has 0 heterocycles. The van der Waals surface area contributed by atoms with E-state index in [1.807, 2.05) is 13.8 Å². The van der Waals surface area contributed by atoms with Gasteiger partial charge in [0.1, 0.15) is 0 Å². The number of hydrogen-bond acceptors (Lipinski definition) is 2. The second-order valence-corrected chi connectivity index (χ2v) is 6.38.